The molecule has 1 aromatic heterocycles. The summed E-state index contributed by atoms with van der Waals surface area (Å²) in [5, 5.41) is 10.00. The molecule has 1 saturated heterocycles. The van der Waals surface area contributed by atoms with Gasteiger partial charge in [0, 0.05) is 31.2 Å². The molecular formula is C21H27FN4O3. The fourth-order valence-electron chi connectivity index (χ4n) is 4.28. The highest BCUT2D eigenvalue weighted by molar-refractivity contribution is 5.92. The van der Waals surface area contributed by atoms with Gasteiger partial charge in [-0.2, -0.15) is 5.10 Å². The average Bonchev–Trinajstić information content (AvgIpc) is 3.42. The number of aromatic amines is 1. The maximum atomic E-state index is 13.2. The standard InChI is InChI=1S/C21H27FN4O3/c22-16-4-3-5-18(12-16)29-14-17-13-19(25-24-17)20(27)23-15-21(6-1-2-7-21)26-8-10-28-11-9-26/h3-5,12-13H,1-2,6-11,14-15H2,(H,23,27)(H,24,25). The molecule has 7 nitrogen and oxygen atoms in total. The first-order valence-corrected chi connectivity index (χ1v) is 10.2. The minimum Gasteiger partial charge on any atom is -0.487 e. The van der Waals surface area contributed by atoms with E-state index in [2.05, 4.69) is 20.4 Å². The van der Waals surface area contributed by atoms with E-state index in [9.17, 15) is 9.18 Å². The molecule has 1 aromatic carbocycles. The van der Waals surface area contributed by atoms with Crippen LogP contribution in [0.3, 0.4) is 0 Å². The number of carbonyl (C=O) groups is 1. The topological polar surface area (TPSA) is 79.5 Å². The van der Waals surface area contributed by atoms with Gasteiger partial charge in [0.05, 0.1) is 18.9 Å². The summed E-state index contributed by atoms with van der Waals surface area (Å²) in [4.78, 5) is 15.1. The van der Waals surface area contributed by atoms with Crippen LogP contribution in [0.15, 0.2) is 30.3 Å². The number of amides is 1. The van der Waals surface area contributed by atoms with Crippen molar-refractivity contribution >= 4 is 5.91 Å². The number of carbonyl (C=O) groups excluding carboxylic acids is 1. The number of ether oxygens (including phenoxy) is 2. The number of rotatable bonds is 7. The van der Waals surface area contributed by atoms with Crippen LogP contribution in [0.1, 0.15) is 41.9 Å². The van der Waals surface area contributed by atoms with Crippen molar-refractivity contribution in [2.45, 2.75) is 37.8 Å². The maximum absolute atomic E-state index is 13.2. The first-order valence-electron chi connectivity index (χ1n) is 10.2. The number of nitrogens with zero attached hydrogens (tertiary/aromatic N) is 2. The number of halogens is 1. The minimum absolute atomic E-state index is 0.0269. The van der Waals surface area contributed by atoms with Gasteiger partial charge in [-0.15, -0.1) is 0 Å². The molecular weight excluding hydrogens is 375 g/mol. The van der Waals surface area contributed by atoms with Gasteiger partial charge in [-0.05, 0) is 31.0 Å². The number of H-pyrrole nitrogens is 1. The third-order valence-electron chi connectivity index (χ3n) is 5.85. The quantitative estimate of drug-likeness (QED) is 0.744. The maximum Gasteiger partial charge on any atom is 0.271 e. The zero-order chi connectivity index (χ0) is 20.1. The molecule has 0 spiro atoms. The molecule has 8 heteroatoms. The highest BCUT2D eigenvalue weighted by atomic mass is 19.1. The van der Waals surface area contributed by atoms with E-state index in [0.29, 0.717) is 23.7 Å². The van der Waals surface area contributed by atoms with E-state index < -0.39 is 0 Å². The highest BCUT2D eigenvalue weighted by Crippen LogP contribution is 2.35. The van der Waals surface area contributed by atoms with Gasteiger partial charge in [0.2, 0.25) is 0 Å². The lowest BCUT2D eigenvalue weighted by molar-refractivity contribution is -0.0199. The molecule has 29 heavy (non-hydrogen) atoms. The number of aromatic nitrogens is 2. The molecule has 4 rings (SSSR count). The van der Waals surface area contributed by atoms with E-state index >= 15 is 0 Å². The van der Waals surface area contributed by atoms with Crippen LogP contribution in [-0.4, -0.2) is 59.4 Å². The molecule has 1 aliphatic carbocycles. The summed E-state index contributed by atoms with van der Waals surface area (Å²) < 4.78 is 24.2. The second-order valence-electron chi connectivity index (χ2n) is 7.74. The second kappa shape index (κ2) is 8.92. The highest BCUT2D eigenvalue weighted by Gasteiger charge is 2.40. The smallest absolute Gasteiger partial charge is 0.271 e. The lowest BCUT2D eigenvalue weighted by Gasteiger charge is -2.43. The van der Waals surface area contributed by atoms with Crippen LogP contribution < -0.4 is 10.1 Å². The van der Waals surface area contributed by atoms with Crippen LogP contribution in [0.25, 0.3) is 0 Å². The first kappa shape index (κ1) is 19.8. The van der Waals surface area contributed by atoms with Crippen molar-refractivity contribution in [3.8, 4) is 5.75 Å². The van der Waals surface area contributed by atoms with E-state index in [1.807, 2.05) is 0 Å². The van der Waals surface area contributed by atoms with Crippen molar-refractivity contribution < 1.29 is 18.7 Å². The Kier molecular flexibility index (Phi) is 6.10. The SMILES string of the molecule is O=C(NCC1(N2CCOCC2)CCCC1)c1cc(COc2cccc(F)c2)[nH]n1. The van der Waals surface area contributed by atoms with Crippen molar-refractivity contribution in [2.75, 3.05) is 32.8 Å². The summed E-state index contributed by atoms with van der Waals surface area (Å²) in [5.41, 5.74) is 1.01. The summed E-state index contributed by atoms with van der Waals surface area (Å²) in [7, 11) is 0. The van der Waals surface area contributed by atoms with E-state index in [4.69, 9.17) is 9.47 Å². The number of hydrogen-bond donors (Lipinski definition) is 2. The molecule has 156 valence electrons. The van der Waals surface area contributed by atoms with Crippen LogP contribution in [0.2, 0.25) is 0 Å². The lowest BCUT2D eigenvalue weighted by Crippen LogP contribution is -2.57. The Morgan fingerprint density at radius 2 is 2.07 bits per heavy atom. The van der Waals surface area contributed by atoms with Crippen molar-refractivity contribution in [3.05, 3.63) is 47.5 Å². The fraction of sp³-hybridized carbons (Fsp3) is 0.524. The zero-order valence-corrected chi connectivity index (χ0v) is 16.5. The second-order valence-corrected chi connectivity index (χ2v) is 7.74. The largest absolute Gasteiger partial charge is 0.487 e. The molecule has 2 N–H and O–H groups in total. The van der Waals surface area contributed by atoms with Gasteiger partial charge in [0.1, 0.15) is 23.9 Å². The monoisotopic (exact) mass is 402 g/mol. The van der Waals surface area contributed by atoms with Crippen LogP contribution in [0, 0.1) is 5.82 Å². The van der Waals surface area contributed by atoms with Gasteiger partial charge in [0.25, 0.3) is 5.91 Å². The van der Waals surface area contributed by atoms with Crippen LogP contribution in [0.4, 0.5) is 4.39 Å². The molecule has 0 atom stereocenters. The van der Waals surface area contributed by atoms with Gasteiger partial charge in [-0.25, -0.2) is 4.39 Å². The Hall–Kier alpha value is -2.45. The molecule has 1 aliphatic heterocycles. The molecule has 2 aliphatic rings. The van der Waals surface area contributed by atoms with Crippen LogP contribution in [0.5, 0.6) is 5.75 Å². The molecule has 0 bridgehead atoms. The summed E-state index contributed by atoms with van der Waals surface area (Å²) in [6.45, 7) is 4.14. The van der Waals surface area contributed by atoms with Crippen molar-refractivity contribution in [3.63, 3.8) is 0 Å². The number of nitrogens with one attached hydrogen (secondary N) is 2. The van der Waals surface area contributed by atoms with Crippen LogP contribution in [-0.2, 0) is 11.3 Å². The molecule has 1 saturated carbocycles. The summed E-state index contributed by atoms with van der Waals surface area (Å²) in [5.74, 6) is -0.120. The van der Waals surface area contributed by atoms with Crippen molar-refractivity contribution in [2.24, 2.45) is 0 Å². The van der Waals surface area contributed by atoms with Gasteiger partial charge < -0.3 is 14.8 Å². The molecule has 1 amide bonds. The summed E-state index contributed by atoms with van der Waals surface area (Å²) >= 11 is 0. The molecule has 2 heterocycles. The van der Waals surface area contributed by atoms with Crippen molar-refractivity contribution in [1.82, 2.24) is 20.4 Å². The van der Waals surface area contributed by atoms with Gasteiger partial charge in [-0.1, -0.05) is 18.9 Å². The predicted molar refractivity (Wildman–Crippen MR) is 105 cm³/mol. The Labute approximate surface area is 169 Å². The number of hydrogen-bond acceptors (Lipinski definition) is 5. The third kappa shape index (κ3) is 4.76. The Bertz CT molecular complexity index is 829. The van der Waals surface area contributed by atoms with Crippen LogP contribution >= 0.6 is 0 Å². The third-order valence-corrected chi connectivity index (χ3v) is 5.85. The first-order chi connectivity index (χ1) is 14.1. The summed E-state index contributed by atoms with van der Waals surface area (Å²) in [6, 6.07) is 7.62. The van der Waals surface area contributed by atoms with E-state index in [1.165, 1.54) is 25.0 Å². The predicted octanol–water partition coefficient (Wildman–Crippen LogP) is 2.50. The number of morpholine rings is 1. The molecule has 0 unspecified atom stereocenters. The minimum atomic E-state index is -0.353. The molecule has 2 fully saturated rings. The average molecular weight is 402 g/mol. The molecule has 2 aromatic rings. The Morgan fingerprint density at radius 3 is 2.83 bits per heavy atom. The normalized spacial score (nSPS) is 19.2. The Balaban J connectivity index is 1.32. The van der Waals surface area contributed by atoms with E-state index in [0.717, 1.165) is 39.1 Å². The van der Waals surface area contributed by atoms with E-state index in [1.54, 1.807) is 18.2 Å². The van der Waals surface area contributed by atoms with Gasteiger partial charge >= 0.3 is 0 Å². The van der Waals surface area contributed by atoms with Crippen molar-refractivity contribution in [1.29, 1.82) is 0 Å². The summed E-state index contributed by atoms with van der Waals surface area (Å²) in [6.07, 6.45) is 4.58. The lowest BCUT2D eigenvalue weighted by atomic mass is 9.94. The van der Waals surface area contributed by atoms with E-state index in [-0.39, 0.29) is 23.9 Å². The fourth-order valence-corrected chi connectivity index (χ4v) is 4.28. The van der Waals surface area contributed by atoms with Gasteiger partial charge in [-0.3, -0.25) is 14.8 Å². The zero-order valence-electron chi connectivity index (χ0n) is 16.5. The van der Waals surface area contributed by atoms with Gasteiger partial charge in [0.15, 0.2) is 0 Å². The Morgan fingerprint density at radius 1 is 1.28 bits per heavy atom. The number of benzene rings is 1. The molecule has 0 radical (unpaired) electrons.